The molecule has 1 aromatic heterocycles. The molecule has 1 heterocycles. The highest BCUT2D eigenvalue weighted by Gasteiger charge is 2.30. The summed E-state index contributed by atoms with van der Waals surface area (Å²) in [5.74, 6) is 0.958. The monoisotopic (exact) mass is 383 g/mol. The molecule has 0 aliphatic carbocycles. The molecule has 0 saturated heterocycles. The third-order valence-electron chi connectivity index (χ3n) is 3.55. The molecule has 0 aliphatic rings. The van der Waals surface area contributed by atoms with Crippen LogP contribution in [0.15, 0.2) is 46.9 Å². The van der Waals surface area contributed by atoms with Gasteiger partial charge in [-0.3, -0.25) is 0 Å². The Labute approximate surface area is 139 Å². The van der Waals surface area contributed by atoms with Crippen molar-refractivity contribution in [3.05, 3.63) is 58.2 Å². The van der Waals surface area contributed by atoms with Gasteiger partial charge in [-0.05, 0) is 64.8 Å². The molecule has 0 aliphatic heterocycles. The SMILES string of the molecule is CCc1cc2c(Oc3ccc(C(F)(F)F)cc3)ccc(Br)c2[nH]1. The van der Waals surface area contributed by atoms with Gasteiger partial charge in [0.05, 0.1) is 11.1 Å². The van der Waals surface area contributed by atoms with Crippen LogP contribution in [0.2, 0.25) is 0 Å². The fraction of sp³-hybridized carbons (Fsp3) is 0.176. The van der Waals surface area contributed by atoms with E-state index in [2.05, 4.69) is 20.9 Å². The lowest BCUT2D eigenvalue weighted by molar-refractivity contribution is -0.137. The number of aromatic nitrogens is 1. The van der Waals surface area contributed by atoms with Crippen molar-refractivity contribution in [1.29, 1.82) is 0 Å². The normalized spacial score (nSPS) is 11.9. The summed E-state index contributed by atoms with van der Waals surface area (Å²) in [6, 6.07) is 10.3. The van der Waals surface area contributed by atoms with Gasteiger partial charge in [-0.25, -0.2) is 0 Å². The van der Waals surface area contributed by atoms with Crippen molar-refractivity contribution in [3.8, 4) is 11.5 Å². The standard InChI is InChI=1S/C17H13BrF3NO/c1-2-11-9-13-15(8-7-14(18)16(13)22-11)23-12-5-3-10(4-6-12)17(19,20)21/h3-9,22H,2H2,1H3. The number of fused-ring (bicyclic) bond motifs is 1. The highest BCUT2D eigenvalue weighted by Crippen LogP contribution is 2.36. The van der Waals surface area contributed by atoms with Crippen LogP contribution >= 0.6 is 15.9 Å². The van der Waals surface area contributed by atoms with Crippen LogP contribution in [0.5, 0.6) is 11.5 Å². The zero-order valence-corrected chi connectivity index (χ0v) is 13.8. The van der Waals surface area contributed by atoms with Crippen LogP contribution in [0.3, 0.4) is 0 Å². The Morgan fingerprint density at radius 3 is 2.39 bits per heavy atom. The van der Waals surface area contributed by atoms with Gasteiger partial charge < -0.3 is 9.72 Å². The van der Waals surface area contributed by atoms with E-state index in [4.69, 9.17) is 4.74 Å². The van der Waals surface area contributed by atoms with Crippen LogP contribution < -0.4 is 4.74 Å². The first-order valence-corrected chi connectivity index (χ1v) is 7.83. The average Bonchev–Trinajstić information content (AvgIpc) is 2.95. The molecule has 0 fully saturated rings. The lowest BCUT2D eigenvalue weighted by atomic mass is 10.2. The molecule has 1 N–H and O–H groups in total. The van der Waals surface area contributed by atoms with E-state index >= 15 is 0 Å². The van der Waals surface area contributed by atoms with E-state index in [0.29, 0.717) is 11.5 Å². The molecular formula is C17H13BrF3NO. The number of alkyl halides is 3. The molecule has 0 saturated carbocycles. The molecule has 0 spiro atoms. The predicted octanol–water partition coefficient (Wildman–Crippen LogP) is 6.30. The van der Waals surface area contributed by atoms with Gasteiger partial charge in [-0.1, -0.05) is 6.92 Å². The topological polar surface area (TPSA) is 25.0 Å². The lowest BCUT2D eigenvalue weighted by Crippen LogP contribution is -2.03. The van der Waals surface area contributed by atoms with Crippen molar-refractivity contribution in [3.63, 3.8) is 0 Å². The average molecular weight is 384 g/mol. The highest BCUT2D eigenvalue weighted by molar-refractivity contribution is 9.10. The summed E-state index contributed by atoms with van der Waals surface area (Å²) in [7, 11) is 0. The van der Waals surface area contributed by atoms with Gasteiger partial charge >= 0.3 is 6.18 Å². The summed E-state index contributed by atoms with van der Waals surface area (Å²) in [6.07, 6.45) is -3.50. The van der Waals surface area contributed by atoms with Gasteiger partial charge in [0.2, 0.25) is 0 Å². The Morgan fingerprint density at radius 1 is 1.09 bits per heavy atom. The smallest absolute Gasteiger partial charge is 0.416 e. The van der Waals surface area contributed by atoms with Crippen LogP contribution in [0.4, 0.5) is 13.2 Å². The van der Waals surface area contributed by atoms with Crippen molar-refractivity contribution in [2.75, 3.05) is 0 Å². The first kappa shape index (κ1) is 15.9. The van der Waals surface area contributed by atoms with Crippen LogP contribution in [0.1, 0.15) is 18.2 Å². The Morgan fingerprint density at radius 2 is 1.78 bits per heavy atom. The summed E-state index contributed by atoms with van der Waals surface area (Å²) in [4.78, 5) is 3.29. The van der Waals surface area contributed by atoms with E-state index in [-0.39, 0.29) is 0 Å². The molecule has 0 radical (unpaired) electrons. The maximum absolute atomic E-state index is 12.6. The molecule has 3 rings (SSSR count). The van der Waals surface area contributed by atoms with E-state index < -0.39 is 11.7 Å². The van der Waals surface area contributed by atoms with Gasteiger partial charge in [0.25, 0.3) is 0 Å². The lowest BCUT2D eigenvalue weighted by Gasteiger charge is -2.10. The zero-order chi connectivity index (χ0) is 16.6. The number of nitrogens with one attached hydrogen (secondary N) is 1. The first-order chi connectivity index (χ1) is 10.9. The van der Waals surface area contributed by atoms with Crippen LogP contribution in [-0.4, -0.2) is 4.98 Å². The molecule has 0 bridgehead atoms. The maximum atomic E-state index is 12.6. The Hall–Kier alpha value is -1.95. The number of aryl methyl sites for hydroxylation is 1. The molecule has 120 valence electrons. The third-order valence-corrected chi connectivity index (χ3v) is 4.21. The van der Waals surface area contributed by atoms with E-state index in [1.807, 2.05) is 19.1 Å². The largest absolute Gasteiger partial charge is 0.457 e. The molecule has 2 aromatic carbocycles. The number of halogens is 4. The summed E-state index contributed by atoms with van der Waals surface area (Å²) >= 11 is 3.48. The van der Waals surface area contributed by atoms with Gasteiger partial charge in [0.1, 0.15) is 11.5 Å². The van der Waals surface area contributed by atoms with Crippen LogP contribution in [0.25, 0.3) is 10.9 Å². The number of H-pyrrole nitrogens is 1. The minimum Gasteiger partial charge on any atom is -0.457 e. The molecule has 0 unspecified atom stereocenters. The third kappa shape index (κ3) is 3.22. The van der Waals surface area contributed by atoms with Gasteiger partial charge in [0.15, 0.2) is 0 Å². The summed E-state index contributed by atoms with van der Waals surface area (Å²) in [6.45, 7) is 2.04. The summed E-state index contributed by atoms with van der Waals surface area (Å²) in [5.41, 5.74) is 1.27. The fourth-order valence-corrected chi connectivity index (χ4v) is 2.78. The maximum Gasteiger partial charge on any atom is 0.416 e. The van der Waals surface area contributed by atoms with Gasteiger partial charge in [0, 0.05) is 15.6 Å². The van der Waals surface area contributed by atoms with E-state index in [0.717, 1.165) is 39.6 Å². The second kappa shape index (κ2) is 5.92. The van der Waals surface area contributed by atoms with Gasteiger partial charge in [-0.15, -0.1) is 0 Å². The second-order valence-corrected chi connectivity index (χ2v) is 5.96. The number of benzene rings is 2. The van der Waals surface area contributed by atoms with Crippen molar-refractivity contribution < 1.29 is 17.9 Å². The minimum atomic E-state index is -4.35. The Bertz CT molecular complexity index is 837. The molecule has 3 aromatic rings. The summed E-state index contributed by atoms with van der Waals surface area (Å²) in [5, 5.41) is 0.885. The number of rotatable bonds is 3. The van der Waals surface area contributed by atoms with Crippen molar-refractivity contribution in [2.45, 2.75) is 19.5 Å². The van der Waals surface area contributed by atoms with Crippen molar-refractivity contribution in [1.82, 2.24) is 4.98 Å². The molecule has 6 heteroatoms. The fourth-order valence-electron chi connectivity index (χ4n) is 2.33. The number of hydrogen-bond acceptors (Lipinski definition) is 1. The molecule has 0 amide bonds. The molecule has 0 atom stereocenters. The number of hydrogen-bond donors (Lipinski definition) is 1. The first-order valence-electron chi connectivity index (χ1n) is 7.03. The molecule has 23 heavy (non-hydrogen) atoms. The Balaban J connectivity index is 1.95. The number of aromatic amines is 1. The molecular weight excluding hydrogens is 371 g/mol. The zero-order valence-electron chi connectivity index (χ0n) is 12.2. The van der Waals surface area contributed by atoms with E-state index in [1.54, 1.807) is 6.07 Å². The number of ether oxygens (including phenoxy) is 1. The molecule has 2 nitrogen and oxygen atoms in total. The highest BCUT2D eigenvalue weighted by atomic mass is 79.9. The Kier molecular flexibility index (Phi) is 4.10. The second-order valence-electron chi connectivity index (χ2n) is 5.11. The van der Waals surface area contributed by atoms with Gasteiger partial charge in [-0.2, -0.15) is 13.2 Å². The van der Waals surface area contributed by atoms with E-state index in [1.165, 1.54) is 12.1 Å². The van der Waals surface area contributed by atoms with Crippen molar-refractivity contribution in [2.24, 2.45) is 0 Å². The minimum absolute atomic E-state index is 0.362. The van der Waals surface area contributed by atoms with Crippen molar-refractivity contribution >= 4 is 26.8 Å². The summed E-state index contributed by atoms with van der Waals surface area (Å²) < 4.78 is 44.4. The van der Waals surface area contributed by atoms with E-state index in [9.17, 15) is 13.2 Å². The predicted molar refractivity (Wildman–Crippen MR) is 86.9 cm³/mol. The van der Waals surface area contributed by atoms with Crippen LogP contribution in [-0.2, 0) is 12.6 Å². The van der Waals surface area contributed by atoms with Crippen LogP contribution in [0, 0.1) is 0 Å². The quantitative estimate of drug-likeness (QED) is 0.563.